The van der Waals surface area contributed by atoms with Crippen LogP contribution in [0.2, 0.25) is 0 Å². The molecule has 0 aliphatic heterocycles. The smallest absolute Gasteiger partial charge is 0.253 e. The molecular weight excluding hydrogens is 277 g/mol. The standard InChI is InChI=1S/C14H16FN3OS/c1-2-16-13-11(4-3-5-12(13)15)14(19)17-7-6-10-8-20-9-18-10/h3-5,8-9,16H,2,6-7H2,1H3,(H,17,19). The maximum Gasteiger partial charge on any atom is 0.253 e. The highest BCUT2D eigenvalue weighted by atomic mass is 32.1. The van der Waals surface area contributed by atoms with Gasteiger partial charge in [-0.3, -0.25) is 4.79 Å². The fourth-order valence-electron chi connectivity index (χ4n) is 1.83. The van der Waals surface area contributed by atoms with Crippen molar-refractivity contribution in [1.29, 1.82) is 0 Å². The maximum absolute atomic E-state index is 13.7. The zero-order chi connectivity index (χ0) is 14.4. The summed E-state index contributed by atoms with van der Waals surface area (Å²) in [6, 6.07) is 4.48. The van der Waals surface area contributed by atoms with Crippen LogP contribution >= 0.6 is 11.3 Å². The van der Waals surface area contributed by atoms with Crippen molar-refractivity contribution in [3.8, 4) is 0 Å². The minimum atomic E-state index is -0.418. The van der Waals surface area contributed by atoms with Gasteiger partial charge >= 0.3 is 0 Å². The third-order valence-corrected chi connectivity index (χ3v) is 3.40. The Balaban J connectivity index is 1.99. The number of hydrogen-bond donors (Lipinski definition) is 2. The van der Waals surface area contributed by atoms with Crippen molar-refractivity contribution in [2.45, 2.75) is 13.3 Å². The van der Waals surface area contributed by atoms with Crippen molar-refractivity contribution < 1.29 is 9.18 Å². The molecule has 0 atom stereocenters. The van der Waals surface area contributed by atoms with Gasteiger partial charge in [0.05, 0.1) is 22.5 Å². The molecule has 0 spiro atoms. The van der Waals surface area contributed by atoms with Crippen LogP contribution in [0.15, 0.2) is 29.1 Å². The number of nitrogens with zero attached hydrogens (tertiary/aromatic N) is 1. The van der Waals surface area contributed by atoms with Gasteiger partial charge in [-0.05, 0) is 19.1 Å². The van der Waals surface area contributed by atoms with E-state index in [1.165, 1.54) is 23.5 Å². The summed E-state index contributed by atoms with van der Waals surface area (Å²) in [5.41, 5.74) is 3.28. The number of carbonyl (C=O) groups excluding carboxylic acids is 1. The molecule has 2 aromatic rings. The molecule has 0 saturated carbocycles. The summed E-state index contributed by atoms with van der Waals surface area (Å²) in [6.45, 7) is 2.89. The Labute approximate surface area is 121 Å². The van der Waals surface area contributed by atoms with E-state index in [4.69, 9.17) is 0 Å². The molecule has 0 fully saturated rings. The predicted molar refractivity (Wildman–Crippen MR) is 78.7 cm³/mol. The molecule has 6 heteroatoms. The second kappa shape index (κ2) is 7.00. The molecule has 1 amide bonds. The number of para-hydroxylation sites is 1. The number of anilines is 1. The molecule has 20 heavy (non-hydrogen) atoms. The number of aromatic nitrogens is 1. The first kappa shape index (κ1) is 14.5. The van der Waals surface area contributed by atoms with E-state index in [9.17, 15) is 9.18 Å². The quantitative estimate of drug-likeness (QED) is 0.861. The SMILES string of the molecule is CCNc1c(F)cccc1C(=O)NCCc1cscn1. The predicted octanol–water partition coefficient (Wildman–Crippen LogP) is 2.69. The van der Waals surface area contributed by atoms with Gasteiger partial charge < -0.3 is 10.6 Å². The minimum absolute atomic E-state index is 0.251. The molecule has 1 heterocycles. The number of nitrogens with one attached hydrogen (secondary N) is 2. The monoisotopic (exact) mass is 293 g/mol. The molecule has 2 N–H and O–H groups in total. The maximum atomic E-state index is 13.7. The molecule has 0 saturated heterocycles. The van der Waals surface area contributed by atoms with Crippen LogP contribution in [0, 0.1) is 5.82 Å². The zero-order valence-corrected chi connectivity index (χ0v) is 12.0. The molecule has 0 bridgehead atoms. The van der Waals surface area contributed by atoms with E-state index in [-0.39, 0.29) is 11.6 Å². The Morgan fingerprint density at radius 3 is 3.00 bits per heavy atom. The Morgan fingerprint density at radius 2 is 2.30 bits per heavy atom. The number of amides is 1. The zero-order valence-electron chi connectivity index (χ0n) is 11.1. The molecule has 2 rings (SSSR count). The van der Waals surface area contributed by atoms with E-state index < -0.39 is 5.82 Å². The van der Waals surface area contributed by atoms with E-state index in [0.29, 0.717) is 25.1 Å². The average Bonchev–Trinajstić information content (AvgIpc) is 2.94. The van der Waals surface area contributed by atoms with Crippen LogP contribution in [0.5, 0.6) is 0 Å². The third-order valence-electron chi connectivity index (χ3n) is 2.76. The number of thiazole rings is 1. The lowest BCUT2D eigenvalue weighted by Crippen LogP contribution is -2.27. The van der Waals surface area contributed by atoms with Crippen molar-refractivity contribution in [1.82, 2.24) is 10.3 Å². The summed E-state index contributed by atoms with van der Waals surface area (Å²) in [5.74, 6) is -0.699. The number of rotatable bonds is 6. The van der Waals surface area contributed by atoms with Crippen molar-refractivity contribution in [2.24, 2.45) is 0 Å². The summed E-state index contributed by atoms with van der Waals surface area (Å²) in [7, 11) is 0. The van der Waals surface area contributed by atoms with Crippen LogP contribution in [-0.4, -0.2) is 24.0 Å². The number of halogens is 1. The van der Waals surface area contributed by atoms with E-state index >= 15 is 0 Å². The largest absolute Gasteiger partial charge is 0.382 e. The molecule has 1 aromatic heterocycles. The van der Waals surface area contributed by atoms with Crippen molar-refractivity contribution >= 4 is 22.9 Å². The minimum Gasteiger partial charge on any atom is -0.382 e. The van der Waals surface area contributed by atoms with Crippen LogP contribution in [-0.2, 0) is 6.42 Å². The first-order chi connectivity index (χ1) is 9.72. The average molecular weight is 293 g/mol. The molecular formula is C14H16FN3OS. The summed E-state index contributed by atoms with van der Waals surface area (Å²) in [5, 5.41) is 7.61. The molecule has 0 aliphatic carbocycles. The first-order valence-corrected chi connectivity index (χ1v) is 7.34. The van der Waals surface area contributed by atoms with Gasteiger partial charge in [-0.1, -0.05) is 6.07 Å². The van der Waals surface area contributed by atoms with E-state index in [1.54, 1.807) is 11.6 Å². The van der Waals surface area contributed by atoms with Gasteiger partial charge in [0.15, 0.2) is 0 Å². The van der Waals surface area contributed by atoms with Gasteiger partial charge in [0.2, 0.25) is 0 Å². The van der Waals surface area contributed by atoms with Crippen LogP contribution < -0.4 is 10.6 Å². The Bertz CT molecular complexity index is 572. The van der Waals surface area contributed by atoms with Crippen molar-refractivity contribution in [3.05, 3.63) is 46.2 Å². The lowest BCUT2D eigenvalue weighted by molar-refractivity contribution is 0.0954. The van der Waals surface area contributed by atoms with Gasteiger partial charge in [0, 0.05) is 24.9 Å². The van der Waals surface area contributed by atoms with Gasteiger partial charge in [0.25, 0.3) is 5.91 Å². The lowest BCUT2D eigenvalue weighted by atomic mass is 10.1. The third kappa shape index (κ3) is 3.54. The molecule has 0 radical (unpaired) electrons. The Kier molecular flexibility index (Phi) is 5.06. The van der Waals surface area contributed by atoms with Gasteiger partial charge in [-0.25, -0.2) is 9.37 Å². The number of carbonyl (C=O) groups is 1. The second-order valence-electron chi connectivity index (χ2n) is 4.18. The number of hydrogen-bond acceptors (Lipinski definition) is 4. The highest BCUT2D eigenvalue weighted by Gasteiger charge is 2.14. The molecule has 1 aromatic carbocycles. The number of benzene rings is 1. The van der Waals surface area contributed by atoms with Crippen molar-refractivity contribution in [3.63, 3.8) is 0 Å². The fourth-order valence-corrected chi connectivity index (χ4v) is 2.42. The van der Waals surface area contributed by atoms with Gasteiger partial charge in [-0.15, -0.1) is 11.3 Å². The summed E-state index contributed by atoms with van der Waals surface area (Å²) < 4.78 is 13.7. The Hall–Kier alpha value is -1.95. The summed E-state index contributed by atoms with van der Waals surface area (Å²) in [6.07, 6.45) is 0.668. The summed E-state index contributed by atoms with van der Waals surface area (Å²) >= 11 is 1.52. The van der Waals surface area contributed by atoms with Crippen LogP contribution in [0.1, 0.15) is 23.0 Å². The fraction of sp³-hybridized carbons (Fsp3) is 0.286. The van der Waals surface area contributed by atoms with Gasteiger partial charge in [0.1, 0.15) is 5.82 Å². The van der Waals surface area contributed by atoms with Crippen LogP contribution in [0.4, 0.5) is 10.1 Å². The first-order valence-electron chi connectivity index (χ1n) is 6.40. The van der Waals surface area contributed by atoms with Gasteiger partial charge in [-0.2, -0.15) is 0 Å². The topological polar surface area (TPSA) is 54.0 Å². The highest BCUT2D eigenvalue weighted by Crippen LogP contribution is 2.19. The molecule has 106 valence electrons. The normalized spacial score (nSPS) is 10.3. The molecule has 4 nitrogen and oxygen atoms in total. The lowest BCUT2D eigenvalue weighted by Gasteiger charge is -2.11. The Morgan fingerprint density at radius 1 is 1.45 bits per heavy atom. The summed E-state index contributed by atoms with van der Waals surface area (Å²) in [4.78, 5) is 16.2. The van der Waals surface area contributed by atoms with E-state index in [0.717, 1.165) is 5.69 Å². The molecule has 0 aliphatic rings. The van der Waals surface area contributed by atoms with E-state index in [2.05, 4.69) is 15.6 Å². The van der Waals surface area contributed by atoms with Crippen molar-refractivity contribution in [2.75, 3.05) is 18.4 Å². The van der Waals surface area contributed by atoms with Crippen LogP contribution in [0.3, 0.4) is 0 Å². The highest BCUT2D eigenvalue weighted by molar-refractivity contribution is 7.07. The van der Waals surface area contributed by atoms with E-state index in [1.807, 2.05) is 12.3 Å². The second-order valence-corrected chi connectivity index (χ2v) is 4.90. The van der Waals surface area contributed by atoms with Crippen LogP contribution in [0.25, 0.3) is 0 Å². The molecule has 0 unspecified atom stereocenters.